The highest BCUT2D eigenvalue weighted by Crippen LogP contribution is 2.36. The molecular weight excluding hydrogens is 484 g/mol. The van der Waals surface area contributed by atoms with Crippen LogP contribution in [-0.2, 0) is 0 Å². The molecule has 0 saturated heterocycles. The Labute approximate surface area is 232 Å². The van der Waals surface area contributed by atoms with Crippen molar-refractivity contribution in [3.05, 3.63) is 146 Å². The number of nitrogens with zero attached hydrogens (tertiary/aromatic N) is 2. The zero-order chi connectivity index (χ0) is 26.6. The molecule has 8 rings (SSSR count). The van der Waals surface area contributed by atoms with Crippen LogP contribution < -0.4 is 0 Å². The Morgan fingerprint density at radius 2 is 0.850 bits per heavy atom. The molecule has 40 heavy (non-hydrogen) atoms. The summed E-state index contributed by atoms with van der Waals surface area (Å²) in [5.41, 5.74) is 10.9. The van der Waals surface area contributed by atoms with Gasteiger partial charge in [-0.25, -0.2) is 0 Å². The van der Waals surface area contributed by atoms with Crippen molar-refractivity contribution in [1.82, 2.24) is 9.13 Å². The number of fused-ring (bicyclic) bond motifs is 6. The summed E-state index contributed by atoms with van der Waals surface area (Å²) in [5, 5.41) is 5.04. The minimum absolute atomic E-state index is 1.18. The average molecular weight is 511 g/mol. The van der Waals surface area contributed by atoms with E-state index in [4.69, 9.17) is 0 Å². The second-order valence-corrected chi connectivity index (χ2v) is 10.3. The van der Waals surface area contributed by atoms with Gasteiger partial charge < -0.3 is 9.13 Å². The first-order chi connectivity index (χ1) is 19.8. The van der Waals surface area contributed by atoms with E-state index in [1.165, 1.54) is 71.6 Å². The third kappa shape index (κ3) is 3.36. The highest BCUT2D eigenvalue weighted by atomic mass is 15.0. The van der Waals surface area contributed by atoms with Crippen LogP contribution in [0, 0.1) is 0 Å². The molecule has 0 aliphatic heterocycles. The highest BCUT2D eigenvalue weighted by Gasteiger charge is 2.13. The molecule has 188 valence electrons. The van der Waals surface area contributed by atoms with E-state index in [1.807, 2.05) is 6.20 Å². The highest BCUT2D eigenvalue weighted by molar-refractivity contribution is 6.11. The van der Waals surface area contributed by atoms with Crippen molar-refractivity contribution in [2.24, 2.45) is 0 Å². The molecule has 0 aliphatic carbocycles. The van der Waals surface area contributed by atoms with Gasteiger partial charge in [0.2, 0.25) is 0 Å². The zero-order valence-electron chi connectivity index (χ0n) is 22.0. The summed E-state index contributed by atoms with van der Waals surface area (Å²) >= 11 is 0. The monoisotopic (exact) mass is 510 g/mol. The van der Waals surface area contributed by atoms with Gasteiger partial charge in [-0.3, -0.25) is 0 Å². The van der Waals surface area contributed by atoms with Crippen molar-refractivity contribution < 1.29 is 0 Å². The van der Waals surface area contributed by atoms with E-state index in [0.29, 0.717) is 0 Å². The lowest BCUT2D eigenvalue weighted by molar-refractivity contribution is 1.18. The maximum atomic E-state index is 4.04. The molecule has 0 bridgehead atoms. The van der Waals surface area contributed by atoms with Gasteiger partial charge >= 0.3 is 0 Å². The number of hydrogen-bond donors (Lipinski definition) is 0. The molecular formula is C38H26N2. The van der Waals surface area contributed by atoms with E-state index in [1.54, 1.807) is 0 Å². The molecule has 0 amide bonds. The van der Waals surface area contributed by atoms with E-state index in [2.05, 4.69) is 155 Å². The molecule has 0 aliphatic rings. The first kappa shape index (κ1) is 22.6. The van der Waals surface area contributed by atoms with Crippen molar-refractivity contribution in [1.29, 1.82) is 0 Å². The van der Waals surface area contributed by atoms with Crippen LogP contribution in [0.15, 0.2) is 146 Å². The zero-order valence-corrected chi connectivity index (χ0v) is 22.0. The topological polar surface area (TPSA) is 9.86 Å². The van der Waals surface area contributed by atoms with Crippen molar-refractivity contribution in [2.75, 3.05) is 0 Å². The number of rotatable bonds is 4. The fraction of sp³-hybridized carbons (Fsp3) is 0. The molecule has 0 unspecified atom stereocenters. The maximum absolute atomic E-state index is 4.04. The molecule has 2 heteroatoms. The second-order valence-electron chi connectivity index (χ2n) is 10.3. The van der Waals surface area contributed by atoms with E-state index in [-0.39, 0.29) is 0 Å². The Bertz CT molecular complexity index is 2210. The summed E-state index contributed by atoms with van der Waals surface area (Å²) in [6.45, 7) is 4.04. The second kappa shape index (κ2) is 8.86. The fourth-order valence-electron chi connectivity index (χ4n) is 6.24. The Kier molecular flexibility index (Phi) is 5.01. The standard InChI is InChI=1S/C38H26N2/c1-2-39-35-14-8-6-12-31(35)33-24-28(20-22-36(33)39)26-16-18-27(19-17-26)29-21-23-38-34(25-29)32-13-7-9-15-37(32)40(38)30-10-4-3-5-11-30/h2-25H,1H2. The molecule has 6 aromatic carbocycles. The van der Waals surface area contributed by atoms with Crippen LogP contribution in [-0.4, -0.2) is 9.13 Å². The van der Waals surface area contributed by atoms with Gasteiger partial charge in [-0.05, 0) is 70.8 Å². The quantitative estimate of drug-likeness (QED) is 0.223. The summed E-state index contributed by atoms with van der Waals surface area (Å²) in [6, 6.07) is 50.3. The van der Waals surface area contributed by atoms with Gasteiger partial charge in [-0.1, -0.05) is 97.6 Å². The Morgan fingerprint density at radius 3 is 1.50 bits per heavy atom. The normalized spacial score (nSPS) is 11.6. The average Bonchev–Trinajstić information content (AvgIpc) is 3.53. The van der Waals surface area contributed by atoms with Crippen LogP contribution in [0.3, 0.4) is 0 Å². The summed E-state index contributed by atoms with van der Waals surface area (Å²) in [4.78, 5) is 0. The molecule has 0 fully saturated rings. The minimum Gasteiger partial charge on any atom is -0.317 e. The minimum atomic E-state index is 1.18. The number of hydrogen-bond acceptors (Lipinski definition) is 0. The van der Waals surface area contributed by atoms with Crippen LogP contribution in [0.25, 0.3) is 77.8 Å². The number of aromatic nitrogens is 2. The summed E-state index contributed by atoms with van der Waals surface area (Å²) < 4.78 is 4.53. The molecule has 2 aromatic heterocycles. The Hall–Kier alpha value is -5.34. The van der Waals surface area contributed by atoms with Crippen LogP contribution in [0.2, 0.25) is 0 Å². The van der Waals surface area contributed by atoms with Crippen LogP contribution in [0.4, 0.5) is 0 Å². The number of para-hydroxylation sites is 3. The lowest BCUT2D eigenvalue weighted by Crippen LogP contribution is -1.92. The summed E-state index contributed by atoms with van der Waals surface area (Å²) in [7, 11) is 0. The lowest BCUT2D eigenvalue weighted by Gasteiger charge is -2.09. The summed E-state index contributed by atoms with van der Waals surface area (Å²) in [5.74, 6) is 0. The van der Waals surface area contributed by atoms with Gasteiger partial charge in [-0.2, -0.15) is 0 Å². The van der Waals surface area contributed by atoms with E-state index in [0.717, 1.165) is 0 Å². The van der Waals surface area contributed by atoms with Crippen LogP contribution in [0.1, 0.15) is 0 Å². The van der Waals surface area contributed by atoms with E-state index < -0.39 is 0 Å². The maximum Gasteiger partial charge on any atom is 0.0541 e. The van der Waals surface area contributed by atoms with Gasteiger partial charge in [0.15, 0.2) is 0 Å². The van der Waals surface area contributed by atoms with Gasteiger partial charge in [0.25, 0.3) is 0 Å². The molecule has 0 spiro atoms. The molecule has 0 radical (unpaired) electrons. The predicted octanol–water partition coefficient (Wildman–Crippen LogP) is 10.3. The van der Waals surface area contributed by atoms with Crippen LogP contribution >= 0.6 is 0 Å². The third-order valence-corrected chi connectivity index (χ3v) is 8.13. The number of benzene rings is 6. The molecule has 2 nitrogen and oxygen atoms in total. The van der Waals surface area contributed by atoms with Crippen molar-refractivity contribution in [3.63, 3.8) is 0 Å². The van der Waals surface area contributed by atoms with Gasteiger partial charge in [-0.15, -0.1) is 0 Å². The lowest BCUT2D eigenvalue weighted by atomic mass is 9.98. The van der Waals surface area contributed by atoms with Gasteiger partial charge in [0.05, 0.1) is 22.1 Å². The van der Waals surface area contributed by atoms with Crippen molar-refractivity contribution in [2.45, 2.75) is 0 Å². The van der Waals surface area contributed by atoms with Crippen LogP contribution in [0.5, 0.6) is 0 Å². The Morgan fingerprint density at radius 1 is 0.400 bits per heavy atom. The van der Waals surface area contributed by atoms with Crippen molar-refractivity contribution >= 4 is 49.8 Å². The summed E-state index contributed by atoms with van der Waals surface area (Å²) in [6.07, 6.45) is 1.90. The predicted molar refractivity (Wildman–Crippen MR) is 171 cm³/mol. The van der Waals surface area contributed by atoms with Gasteiger partial charge in [0.1, 0.15) is 0 Å². The smallest absolute Gasteiger partial charge is 0.0541 e. The Balaban J connectivity index is 1.22. The first-order valence-electron chi connectivity index (χ1n) is 13.6. The molecule has 0 N–H and O–H groups in total. The van der Waals surface area contributed by atoms with Gasteiger partial charge in [0, 0.05) is 33.4 Å². The third-order valence-electron chi connectivity index (χ3n) is 8.13. The van der Waals surface area contributed by atoms with E-state index >= 15 is 0 Å². The molecule has 2 heterocycles. The SMILES string of the molecule is C=Cn1c2ccccc2c2cc(-c3ccc(-c4ccc5c(c4)c4ccccc4n5-c4ccccc4)cc3)ccc21. The molecule has 8 aromatic rings. The largest absolute Gasteiger partial charge is 0.317 e. The molecule has 0 saturated carbocycles. The van der Waals surface area contributed by atoms with E-state index in [9.17, 15) is 0 Å². The van der Waals surface area contributed by atoms with Crippen molar-refractivity contribution in [3.8, 4) is 27.9 Å². The molecule has 0 atom stereocenters. The fourth-order valence-corrected chi connectivity index (χ4v) is 6.24. The first-order valence-corrected chi connectivity index (χ1v) is 13.6.